The number of nitrogens with zero attached hydrogens (tertiary/aromatic N) is 3. The van der Waals surface area contributed by atoms with Crippen LogP contribution < -0.4 is 15.7 Å². The van der Waals surface area contributed by atoms with Gasteiger partial charge in [-0.05, 0) is 44.0 Å². The summed E-state index contributed by atoms with van der Waals surface area (Å²) in [4.78, 5) is 29.1. The molecule has 0 fully saturated rings. The molecule has 0 unspecified atom stereocenters. The van der Waals surface area contributed by atoms with Gasteiger partial charge in [0, 0.05) is 28.5 Å². The van der Waals surface area contributed by atoms with Gasteiger partial charge in [0.15, 0.2) is 6.61 Å². The smallest absolute Gasteiger partial charge is 0.336 e. The van der Waals surface area contributed by atoms with Crippen LogP contribution in [0.25, 0.3) is 27.2 Å². The number of aromatic nitrogens is 3. The van der Waals surface area contributed by atoms with Gasteiger partial charge in [-0.2, -0.15) is 4.98 Å². The van der Waals surface area contributed by atoms with Crippen molar-refractivity contribution in [2.45, 2.75) is 20.8 Å². The number of aryl methyl sites for hydroxylation is 3. The SMILES string of the molecule is Cc1ccc(-c2csc3nc(NC(=O)COc4ccc5c(C)cc(=O)oc5c4)nn23)c(C)c1. The summed E-state index contributed by atoms with van der Waals surface area (Å²) in [5.41, 5.74) is 5.12. The molecule has 1 amide bonds. The lowest BCUT2D eigenvalue weighted by atomic mass is 10.0. The van der Waals surface area contributed by atoms with Crippen LogP contribution in [0.5, 0.6) is 5.75 Å². The van der Waals surface area contributed by atoms with Gasteiger partial charge in [-0.15, -0.1) is 16.4 Å². The number of ether oxygens (including phenoxy) is 1. The number of anilines is 1. The van der Waals surface area contributed by atoms with Gasteiger partial charge in [-0.3, -0.25) is 10.1 Å². The molecular formula is C24H20N4O4S. The van der Waals surface area contributed by atoms with Crippen molar-refractivity contribution in [3.63, 3.8) is 0 Å². The molecule has 0 radical (unpaired) electrons. The number of carbonyl (C=O) groups is 1. The van der Waals surface area contributed by atoms with Crippen molar-refractivity contribution in [3.8, 4) is 17.0 Å². The van der Waals surface area contributed by atoms with E-state index >= 15 is 0 Å². The topological polar surface area (TPSA) is 98.7 Å². The van der Waals surface area contributed by atoms with Crippen LogP contribution in [0.4, 0.5) is 5.95 Å². The van der Waals surface area contributed by atoms with Gasteiger partial charge in [0.25, 0.3) is 11.9 Å². The number of hydrogen-bond donors (Lipinski definition) is 1. The molecule has 1 N–H and O–H groups in total. The van der Waals surface area contributed by atoms with Gasteiger partial charge in [-0.1, -0.05) is 23.8 Å². The molecule has 0 saturated heterocycles. The molecule has 0 aliphatic rings. The molecule has 0 atom stereocenters. The van der Waals surface area contributed by atoms with Gasteiger partial charge >= 0.3 is 5.63 Å². The summed E-state index contributed by atoms with van der Waals surface area (Å²) in [6, 6.07) is 12.8. The Balaban J connectivity index is 1.30. The molecule has 2 aromatic carbocycles. The van der Waals surface area contributed by atoms with E-state index in [4.69, 9.17) is 9.15 Å². The maximum atomic E-state index is 12.4. The summed E-state index contributed by atoms with van der Waals surface area (Å²) in [5.74, 6) is 0.232. The van der Waals surface area contributed by atoms with Crippen LogP contribution in [0.2, 0.25) is 0 Å². The zero-order chi connectivity index (χ0) is 23.1. The third kappa shape index (κ3) is 4.10. The molecule has 0 aliphatic carbocycles. The molecule has 5 aromatic rings. The summed E-state index contributed by atoms with van der Waals surface area (Å²) in [7, 11) is 0. The van der Waals surface area contributed by atoms with Crippen molar-refractivity contribution < 1.29 is 13.9 Å². The molecule has 8 nitrogen and oxygen atoms in total. The third-order valence-corrected chi connectivity index (χ3v) is 6.10. The lowest BCUT2D eigenvalue weighted by Gasteiger charge is -2.07. The van der Waals surface area contributed by atoms with Gasteiger partial charge < -0.3 is 9.15 Å². The Hall–Kier alpha value is -3.98. The zero-order valence-electron chi connectivity index (χ0n) is 18.2. The summed E-state index contributed by atoms with van der Waals surface area (Å²) in [6.07, 6.45) is 0. The number of rotatable bonds is 5. The predicted molar refractivity (Wildman–Crippen MR) is 127 cm³/mol. The number of nitrogens with one attached hydrogen (secondary N) is 1. The van der Waals surface area contributed by atoms with Crippen LogP contribution in [-0.2, 0) is 4.79 Å². The van der Waals surface area contributed by atoms with E-state index in [-0.39, 0.29) is 12.6 Å². The van der Waals surface area contributed by atoms with Gasteiger partial charge in [0.2, 0.25) is 4.96 Å². The number of carbonyl (C=O) groups excluding carboxylic acids is 1. The average molecular weight is 461 g/mol. The van der Waals surface area contributed by atoms with Crippen LogP contribution >= 0.6 is 11.3 Å². The molecule has 5 rings (SSSR count). The molecule has 9 heteroatoms. The molecule has 166 valence electrons. The van der Waals surface area contributed by atoms with E-state index in [2.05, 4.69) is 47.4 Å². The summed E-state index contributed by atoms with van der Waals surface area (Å²) in [5, 5.41) is 9.93. The molecule has 0 spiro atoms. The van der Waals surface area contributed by atoms with E-state index in [0.29, 0.717) is 16.3 Å². The fraction of sp³-hybridized carbons (Fsp3) is 0.167. The Morgan fingerprint density at radius 2 is 1.97 bits per heavy atom. The van der Waals surface area contributed by atoms with Crippen molar-refractivity contribution in [1.82, 2.24) is 14.6 Å². The summed E-state index contributed by atoms with van der Waals surface area (Å²) in [6.45, 7) is 5.71. The highest BCUT2D eigenvalue weighted by molar-refractivity contribution is 7.15. The molecule has 0 saturated carbocycles. The van der Waals surface area contributed by atoms with Crippen molar-refractivity contribution in [1.29, 1.82) is 0 Å². The number of benzene rings is 2. The molecule has 33 heavy (non-hydrogen) atoms. The van der Waals surface area contributed by atoms with Gasteiger partial charge in [0.1, 0.15) is 11.3 Å². The Labute approximate surface area is 192 Å². The molecule has 3 aromatic heterocycles. The van der Waals surface area contributed by atoms with E-state index in [9.17, 15) is 9.59 Å². The highest BCUT2D eigenvalue weighted by Gasteiger charge is 2.15. The number of fused-ring (bicyclic) bond motifs is 2. The van der Waals surface area contributed by atoms with Crippen LogP contribution in [-0.4, -0.2) is 27.1 Å². The van der Waals surface area contributed by atoms with Crippen molar-refractivity contribution in [2.75, 3.05) is 11.9 Å². The Morgan fingerprint density at radius 1 is 1.12 bits per heavy atom. The van der Waals surface area contributed by atoms with Crippen LogP contribution in [0.1, 0.15) is 16.7 Å². The average Bonchev–Trinajstić information content (AvgIpc) is 3.32. The largest absolute Gasteiger partial charge is 0.484 e. The maximum absolute atomic E-state index is 12.4. The second-order valence-electron chi connectivity index (χ2n) is 7.81. The number of amides is 1. The first kappa shape index (κ1) is 20.9. The molecular weight excluding hydrogens is 440 g/mol. The molecule has 3 heterocycles. The second-order valence-corrected chi connectivity index (χ2v) is 8.65. The van der Waals surface area contributed by atoms with E-state index in [0.717, 1.165) is 27.8 Å². The predicted octanol–water partition coefficient (Wildman–Crippen LogP) is 4.51. The van der Waals surface area contributed by atoms with Crippen molar-refractivity contribution in [3.05, 3.63) is 75.0 Å². The minimum absolute atomic E-state index is 0.210. The third-order valence-electron chi connectivity index (χ3n) is 5.28. The normalized spacial score (nSPS) is 11.2. The van der Waals surface area contributed by atoms with Crippen molar-refractivity contribution >= 4 is 39.1 Å². The van der Waals surface area contributed by atoms with E-state index in [1.807, 2.05) is 12.3 Å². The lowest BCUT2D eigenvalue weighted by molar-refractivity contribution is -0.118. The fourth-order valence-electron chi connectivity index (χ4n) is 3.73. The quantitative estimate of drug-likeness (QED) is 0.388. The fourth-order valence-corrected chi connectivity index (χ4v) is 4.55. The van der Waals surface area contributed by atoms with E-state index in [1.54, 1.807) is 22.7 Å². The minimum Gasteiger partial charge on any atom is -0.484 e. The highest BCUT2D eigenvalue weighted by Crippen LogP contribution is 2.29. The number of hydrogen-bond acceptors (Lipinski definition) is 7. The van der Waals surface area contributed by atoms with Crippen LogP contribution in [0.3, 0.4) is 0 Å². The van der Waals surface area contributed by atoms with Crippen molar-refractivity contribution in [2.24, 2.45) is 0 Å². The Kier molecular flexibility index (Phi) is 5.18. The highest BCUT2D eigenvalue weighted by atomic mass is 32.1. The summed E-state index contributed by atoms with van der Waals surface area (Å²) >= 11 is 1.45. The van der Waals surface area contributed by atoms with Gasteiger partial charge in [-0.25, -0.2) is 9.31 Å². The minimum atomic E-state index is -0.430. The summed E-state index contributed by atoms with van der Waals surface area (Å²) < 4.78 is 12.5. The Bertz CT molecular complexity index is 1580. The van der Waals surface area contributed by atoms with Crippen LogP contribution in [0, 0.1) is 20.8 Å². The molecule has 0 bridgehead atoms. The first-order valence-corrected chi connectivity index (χ1v) is 11.1. The van der Waals surface area contributed by atoms with E-state index in [1.165, 1.54) is 23.0 Å². The second kappa shape index (κ2) is 8.18. The first-order valence-electron chi connectivity index (χ1n) is 10.3. The standard InChI is InChI=1S/C24H20N4O4S/c1-13-4-6-17(14(2)8-13)19-12-33-24-26-23(27-28(19)24)25-21(29)11-31-16-5-7-18-15(3)9-22(30)32-20(18)10-16/h4-10,12H,11H2,1-3H3,(H,25,27,29). The van der Waals surface area contributed by atoms with Crippen LogP contribution in [0.15, 0.2) is 57.1 Å². The first-order chi connectivity index (χ1) is 15.9. The monoisotopic (exact) mass is 460 g/mol. The maximum Gasteiger partial charge on any atom is 0.336 e. The number of thiazole rings is 1. The zero-order valence-corrected chi connectivity index (χ0v) is 19.0. The van der Waals surface area contributed by atoms with Gasteiger partial charge in [0.05, 0.1) is 5.69 Å². The molecule has 0 aliphatic heterocycles. The van der Waals surface area contributed by atoms with E-state index < -0.39 is 11.5 Å². The Morgan fingerprint density at radius 3 is 2.79 bits per heavy atom. The lowest BCUT2D eigenvalue weighted by Crippen LogP contribution is -2.21.